The molecule has 1 aliphatic heterocycles. The number of nitrogens with zero attached hydrogens (tertiary/aromatic N) is 2. The van der Waals surface area contributed by atoms with E-state index in [1.165, 1.54) is 18.4 Å². The Bertz CT molecular complexity index is 799. The van der Waals surface area contributed by atoms with Crippen LogP contribution in [0.5, 0.6) is 5.75 Å². The van der Waals surface area contributed by atoms with Crippen LogP contribution >= 0.6 is 0 Å². The molecule has 0 bridgehead atoms. The average molecular weight is 415 g/mol. The van der Waals surface area contributed by atoms with Gasteiger partial charge in [-0.05, 0) is 58.0 Å². The number of para-hydroxylation sites is 1. The van der Waals surface area contributed by atoms with Crippen LogP contribution in [-0.2, 0) is 5.60 Å². The highest BCUT2D eigenvalue weighted by molar-refractivity contribution is 5.79. The highest BCUT2D eigenvalue weighted by Crippen LogP contribution is 2.31. The highest BCUT2D eigenvalue weighted by Gasteiger charge is 2.28. The molecule has 2 aromatic rings. The Labute approximate surface area is 179 Å². The zero-order valence-electron chi connectivity index (χ0n) is 18.2. The van der Waals surface area contributed by atoms with Gasteiger partial charge in [-0.25, -0.2) is 4.99 Å². The minimum absolute atomic E-state index is 0.179. The van der Waals surface area contributed by atoms with Crippen LogP contribution in [0.1, 0.15) is 44.1 Å². The molecule has 0 radical (unpaired) electrons. The number of nitrogens with one attached hydrogen (secondary N) is 2. The summed E-state index contributed by atoms with van der Waals surface area (Å²) >= 11 is 0. The average Bonchev–Trinajstić information content (AvgIpc) is 3.47. The van der Waals surface area contributed by atoms with Gasteiger partial charge in [0.15, 0.2) is 5.96 Å². The highest BCUT2D eigenvalue weighted by atomic mass is 16.5. The number of hydrogen-bond acceptors (Lipinski definition) is 5. The van der Waals surface area contributed by atoms with Gasteiger partial charge >= 0.3 is 0 Å². The summed E-state index contributed by atoms with van der Waals surface area (Å²) in [6.07, 6.45) is 3.99. The Kier molecular flexibility index (Phi) is 7.76. The lowest BCUT2D eigenvalue weighted by atomic mass is 10.0. The summed E-state index contributed by atoms with van der Waals surface area (Å²) in [6.45, 7) is 7.50. The maximum absolute atomic E-state index is 10.7. The van der Waals surface area contributed by atoms with Crippen molar-refractivity contribution in [2.75, 3.05) is 39.8 Å². The van der Waals surface area contributed by atoms with Gasteiger partial charge in [-0.2, -0.15) is 0 Å². The van der Waals surface area contributed by atoms with Crippen molar-refractivity contribution in [2.45, 2.75) is 38.3 Å². The Morgan fingerprint density at radius 3 is 2.67 bits per heavy atom. The number of likely N-dealkylation sites (tertiary alicyclic amines) is 1. The van der Waals surface area contributed by atoms with Crippen molar-refractivity contribution < 1.29 is 14.3 Å². The molecule has 1 saturated heterocycles. The number of methoxy groups -OCH3 is 1. The summed E-state index contributed by atoms with van der Waals surface area (Å²) in [5.41, 5.74) is 0.0101. The van der Waals surface area contributed by atoms with Crippen LogP contribution in [0.2, 0.25) is 0 Å². The lowest BCUT2D eigenvalue weighted by Gasteiger charge is -2.30. The predicted octanol–water partition coefficient (Wildman–Crippen LogP) is 2.89. The molecule has 30 heavy (non-hydrogen) atoms. The Morgan fingerprint density at radius 1 is 1.23 bits per heavy atom. The van der Waals surface area contributed by atoms with Crippen molar-refractivity contribution in [1.82, 2.24) is 15.5 Å². The number of rotatable bonds is 9. The molecule has 0 amide bonds. The van der Waals surface area contributed by atoms with Crippen LogP contribution in [0, 0.1) is 0 Å². The quantitative estimate of drug-likeness (QED) is 0.432. The second-order valence-electron chi connectivity index (χ2n) is 7.83. The van der Waals surface area contributed by atoms with Crippen molar-refractivity contribution in [3.05, 3.63) is 54.0 Å². The first-order valence-electron chi connectivity index (χ1n) is 10.7. The molecule has 1 fully saturated rings. The van der Waals surface area contributed by atoms with Crippen molar-refractivity contribution in [1.29, 1.82) is 0 Å². The van der Waals surface area contributed by atoms with Crippen molar-refractivity contribution in [2.24, 2.45) is 4.99 Å². The van der Waals surface area contributed by atoms with E-state index in [2.05, 4.69) is 32.7 Å². The van der Waals surface area contributed by atoms with E-state index in [0.717, 1.165) is 25.4 Å². The number of benzene rings is 1. The smallest absolute Gasteiger partial charge is 0.191 e. The van der Waals surface area contributed by atoms with E-state index in [9.17, 15) is 5.11 Å². The maximum Gasteiger partial charge on any atom is 0.191 e. The van der Waals surface area contributed by atoms with E-state index in [-0.39, 0.29) is 12.6 Å². The zero-order chi connectivity index (χ0) is 21.4. The Hall–Kier alpha value is -2.51. The van der Waals surface area contributed by atoms with Crippen molar-refractivity contribution >= 4 is 5.96 Å². The van der Waals surface area contributed by atoms with Crippen LogP contribution in [0.4, 0.5) is 0 Å². The number of aliphatic imine (C=N–C) groups is 1. The Balaban J connectivity index is 1.74. The third-order valence-electron chi connectivity index (χ3n) is 5.48. The fraction of sp³-hybridized carbons (Fsp3) is 0.522. The first kappa shape index (κ1) is 22.2. The van der Waals surface area contributed by atoms with Gasteiger partial charge in [-0.1, -0.05) is 18.2 Å². The second kappa shape index (κ2) is 10.5. The Morgan fingerprint density at radius 2 is 2.00 bits per heavy atom. The van der Waals surface area contributed by atoms with E-state index in [1.807, 2.05) is 19.1 Å². The van der Waals surface area contributed by atoms with Crippen molar-refractivity contribution in [3.8, 4) is 5.75 Å². The lowest BCUT2D eigenvalue weighted by Crippen LogP contribution is -2.43. The third-order valence-corrected chi connectivity index (χ3v) is 5.48. The molecule has 7 heteroatoms. The van der Waals surface area contributed by atoms with Gasteiger partial charge < -0.3 is 24.9 Å². The first-order valence-corrected chi connectivity index (χ1v) is 10.7. The second-order valence-corrected chi connectivity index (χ2v) is 7.83. The molecule has 3 rings (SSSR count). The van der Waals surface area contributed by atoms with Crippen molar-refractivity contribution in [3.63, 3.8) is 0 Å². The topological polar surface area (TPSA) is 82.3 Å². The summed E-state index contributed by atoms with van der Waals surface area (Å²) < 4.78 is 11.0. The molecule has 0 aliphatic carbocycles. The molecule has 164 valence electrons. The molecule has 2 unspecified atom stereocenters. The summed E-state index contributed by atoms with van der Waals surface area (Å²) in [5.74, 6) is 2.08. The van der Waals surface area contributed by atoms with Gasteiger partial charge in [-0.3, -0.25) is 4.90 Å². The van der Waals surface area contributed by atoms with E-state index < -0.39 is 5.60 Å². The van der Waals surface area contributed by atoms with E-state index in [4.69, 9.17) is 9.15 Å². The number of ether oxygens (including phenoxy) is 1. The van der Waals surface area contributed by atoms with Crippen LogP contribution in [0.25, 0.3) is 0 Å². The van der Waals surface area contributed by atoms with E-state index >= 15 is 0 Å². The first-order chi connectivity index (χ1) is 14.5. The molecular weight excluding hydrogens is 380 g/mol. The van der Waals surface area contributed by atoms with Crippen LogP contribution in [0.15, 0.2) is 52.1 Å². The SMILES string of the molecule is CCNC(=NCC(C)(O)c1ccco1)NCC(c1ccccc1OC)N1CCCC1. The number of aliphatic hydroxyl groups is 1. The minimum atomic E-state index is -1.16. The molecule has 3 N–H and O–H groups in total. The molecule has 1 aromatic heterocycles. The molecule has 1 aromatic carbocycles. The molecule has 0 saturated carbocycles. The van der Waals surface area contributed by atoms with Crippen LogP contribution in [-0.4, -0.2) is 55.8 Å². The molecule has 2 atom stereocenters. The van der Waals surface area contributed by atoms with Gasteiger partial charge in [0.25, 0.3) is 0 Å². The lowest BCUT2D eigenvalue weighted by molar-refractivity contribution is 0.0437. The van der Waals surface area contributed by atoms with Gasteiger partial charge in [0, 0.05) is 18.7 Å². The van der Waals surface area contributed by atoms with Crippen LogP contribution in [0.3, 0.4) is 0 Å². The third kappa shape index (κ3) is 5.55. The number of hydrogen-bond donors (Lipinski definition) is 3. The molecular formula is C23H34N4O3. The fourth-order valence-electron chi connectivity index (χ4n) is 3.86. The van der Waals surface area contributed by atoms with Gasteiger partial charge in [0.2, 0.25) is 0 Å². The van der Waals surface area contributed by atoms with Gasteiger partial charge in [-0.15, -0.1) is 0 Å². The number of guanidine groups is 1. The largest absolute Gasteiger partial charge is 0.496 e. The normalized spacial score (nSPS) is 18.1. The number of furan rings is 1. The molecule has 7 nitrogen and oxygen atoms in total. The van der Waals surface area contributed by atoms with E-state index in [0.29, 0.717) is 18.3 Å². The van der Waals surface area contributed by atoms with Gasteiger partial charge in [0.1, 0.15) is 17.1 Å². The fourth-order valence-corrected chi connectivity index (χ4v) is 3.86. The summed E-state index contributed by atoms with van der Waals surface area (Å²) in [7, 11) is 1.72. The maximum atomic E-state index is 10.7. The summed E-state index contributed by atoms with van der Waals surface area (Å²) in [4.78, 5) is 7.10. The molecule has 0 spiro atoms. The zero-order valence-corrected chi connectivity index (χ0v) is 18.2. The summed E-state index contributed by atoms with van der Waals surface area (Å²) in [5, 5.41) is 17.4. The predicted molar refractivity (Wildman–Crippen MR) is 119 cm³/mol. The molecule has 2 heterocycles. The standard InChI is InChI=1S/C23H34N4O3/c1-4-24-22(26-17-23(2,28)21-12-9-15-30-21)25-16-19(27-13-7-8-14-27)18-10-5-6-11-20(18)29-3/h5-6,9-12,15,19,28H,4,7-8,13-14,16-17H2,1-3H3,(H2,24,25,26). The summed E-state index contributed by atoms with van der Waals surface area (Å²) in [6, 6.07) is 11.9. The van der Waals surface area contributed by atoms with Crippen LogP contribution < -0.4 is 15.4 Å². The van der Waals surface area contributed by atoms with E-state index in [1.54, 1.807) is 32.4 Å². The molecule has 1 aliphatic rings. The monoisotopic (exact) mass is 414 g/mol. The minimum Gasteiger partial charge on any atom is -0.496 e. The van der Waals surface area contributed by atoms with Gasteiger partial charge in [0.05, 0.1) is 26.0 Å².